The SMILES string of the molecule is C=CC(=O)CN(C)C(=O)OC(C)(C)C. The van der Waals surface area contributed by atoms with Crippen molar-refractivity contribution in [1.29, 1.82) is 0 Å². The lowest BCUT2D eigenvalue weighted by molar-refractivity contribution is -0.115. The molecule has 0 heterocycles. The number of ether oxygens (including phenoxy) is 1. The van der Waals surface area contributed by atoms with E-state index in [2.05, 4.69) is 6.58 Å². The van der Waals surface area contributed by atoms with Gasteiger partial charge >= 0.3 is 6.09 Å². The van der Waals surface area contributed by atoms with Crippen LogP contribution in [0.5, 0.6) is 0 Å². The van der Waals surface area contributed by atoms with E-state index in [4.69, 9.17) is 4.74 Å². The number of likely N-dealkylation sites (N-methyl/N-ethyl adjacent to an activating group) is 1. The monoisotopic (exact) mass is 199 g/mol. The van der Waals surface area contributed by atoms with Crippen LogP contribution in [0, 0.1) is 0 Å². The fourth-order valence-electron chi connectivity index (χ4n) is 0.703. The van der Waals surface area contributed by atoms with Crippen molar-refractivity contribution in [3.63, 3.8) is 0 Å². The van der Waals surface area contributed by atoms with E-state index in [1.165, 1.54) is 18.0 Å². The van der Waals surface area contributed by atoms with Crippen LogP contribution in [0.3, 0.4) is 0 Å². The van der Waals surface area contributed by atoms with Gasteiger partial charge in [-0.15, -0.1) is 0 Å². The molecule has 0 saturated carbocycles. The minimum absolute atomic E-state index is 0.00157. The smallest absolute Gasteiger partial charge is 0.410 e. The molecule has 14 heavy (non-hydrogen) atoms. The van der Waals surface area contributed by atoms with Gasteiger partial charge in [-0.1, -0.05) is 6.58 Å². The average Bonchev–Trinajstić information content (AvgIpc) is 2.00. The van der Waals surface area contributed by atoms with Crippen LogP contribution in [-0.2, 0) is 9.53 Å². The first-order valence-electron chi connectivity index (χ1n) is 4.35. The zero-order valence-electron chi connectivity index (χ0n) is 9.16. The molecule has 0 N–H and O–H groups in total. The highest BCUT2D eigenvalue weighted by atomic mass is 16.6. The maximum atomic E-state index is 11.3. The Kier molecular flexibility index (Phi) is 4.34. The van der Waals surface area contributed by atoms with E-state index in [0.717, 1.165) is 0 Å². The summed E-state index contributed by atoms with van der Waals surface area (Å²) >= 11 is 0. The molecule has 0 fully saturated rings. The highest BCUT2D eigenvalue weighted by Gasteiger charge is 2.20. The lowest BCUT2D eigenvalue weighted by Crippen LogP contribution is -2.36. The normalized spacial score (nSPS) is 10.6. The molecule has 0 aromatic carbocycles. The number of ketones is 1. The molecule has 0 unspecified atom stereocenters. The summed E-state index contributed by atoms with van der Waals surface area (Å²) in [5, 5.41) is 0. The zero-order chi connectivity index (χ0) is 11.4. The standard InChI is InChI=1S/C10H17NO3/c1-6-8(12)7-11(5)9(13)14-10(2,3)4/h6H,1,7H2,2-5H3. The van der Waals surface area contributed by atoms with E-state index in [1.54, 1.807) is 20.8 Å². The second-order valence-corrected chi connectivity index (χ2v) is 4.01. The Morgan fingerprint density at radius 3 is 2.29 bits per heavy atom. The van der Waals surface area contributed by atoms with Gasteiger partial charge in [-0.3, -0.25) is 4.79 Å². The minimum Gasteiger partial charge on any atom is -0.444 e. The van der Waals surface area contributed by atoms with Crippen molar-refractivity contribution in [3.05, 3.63) is 12.7 Å². The van der Waals surface area contributed by atoms with Gasteiger partial charge in [0.15, 0.2) is 5.78 Å². The van der Waals surface area contributed by atoms with Gasteiger partial charge in [-0.25, -0.2) is 4.79 Å². The Morgan fingerprint density at radius 2 is 1.93 bits per heavy atom. The van der Waals surface area contributed by atoms with Crippen molar-refractivity contribution >= 4 is 11.9 Å². The predicted octanol–water partition coefficient (Wildman–Crippen LogP) is 1.61. The van der Waals surface area contributed by atoms with Crippen molar-refractivity contribution in [1.82, 2.24) is 4.90 Å². The molecule has 4 heteroatoms. The highest BCUT2D eigenvalue weighted by molar-refractivity contribution is 5.92. The molecule has 4 nitrogen and oxygen atoms in total. The highest BCUT2D eigenvalue weighted by Crippen LogP contribution is 2.08. The predicted molar refractivity (Wildman–Crippen MR) is 54.1 cm³/mol. The van der Waals surface area contributed by atoms with Crippen LogP contribution in [0.15, 0.2) is 12.7 Å². The van der Waals surface area contributed by atoms with Crippen molar-refractivity contribution in [2.75, 3.05) is 13.6 Å². The summed E-state index contributed by atoms with van der Waals surface area (Å²) in [5.74, 6) is -0.210. The van der Waals surface area contributed by atoms with E-state index >= 15 is 0 Å². The lowest BCUT2D eigenvalue weighted by Gasteiger charge is -2.23. The zero-order valence-corrected chi connectivity index (χ0v) is 9.16. The van der Waals surface area contributed by atoms with Crippen molar-refractivity contribution < 1.29 is 14.3 Å². The number of amides is 1. The molecule has 0 radical (unpaired) electrons. The Hall–Kier alpha value is -1.32. The molecular weight excluding hydrogens is 182 g/mol. The Bertz CT molecular complexity index is 240. The average molecular weight is 199 g/mol. The maximum absolute atomic E-state index is 11.3. The topological polar surface area (TPSA) is 46.6 Å². The minimum atomic E-state index is -0.539. The van der Waals surface area contributed by atoms with E-state index in [1.807, 2.05) is 0 Å². The van der Waals surface area contributed by atoms with E-state index in [0.29, 0.717) is 0 Å². The summed E-state index contributed by atoms with van der Waals surface area (Å²) in [6.45, 7) is 8.63. The van der Waals surface area contributed by atoms with Crippen LogP contribution in [-0.4, -0.2) is 36.0 Å². The molecule has 1 amide bonds. The molecule has 0 atom stereocenters. The van der Waals surface area contributed by atoms with Gasteiger partial charge in [0.1, 0.15) is 5.60 Å². The van der Waals surface area contributed by atoms with Crippen molar-refractivity contribution in [2.45, 2.75) is 26.4 Å². The summed E-state index contributed by atoms with van der Waals surface area (Å²) in [4.78, 5) is 23.5. The van der Waals surface area contributed by atoms with Gasteiger partial charge in [0.2, 0.25) is 0 Å². The van der Waals surface area contributed by atoms with E-state index in [-0.39, 0.29) is 12.3 Å². The largest absolute Gasteiger partial charge is 0.444 e. The Labute approximate surface area is 84.5 Å². The summed E-state index contributed by atoms with van der Waals surface area (Å²) in [5.41, 5.74) is -0.539. The summed E-state index contributed by atoms with van der Waals surface area (Å²) in [6, 6.07) is 0. The summed E-state index contributed by atoms with van der Waals surface area (Å²) in [7, 11) is 1.51. The number of carbonyl (C=O) groups excluding carboxylic acids is 2. The first kappa shape index (κ1) is 12.7. The van der Waals surface area contributed by atoms with Gasteiger partial charge in [0.25, 0.3) is 0 Å². The summed E-state index contributed by atoms with van der Waals surface area (Å²) in [6.07, 6.45) is 0.675. The maximum Gasteiger partial charge on any atom is 0.410 e. The quantitative estimate of drug-likeness (QED) is 0.649. The summed E-state index contributed by atoms with van der Waals surface area (Å²) < 4.78 is 5.05. The number of nitrogens with zero attached hydrogens (tertiary/aromatic N) is 1. The number of rotatable bonds is 3. The van der Waals surface area contributed by atoms with Crippen molar-refractivity contribution in [2.24, 2.45) is 0 Å². The molecule has 0 aliphatic rings. The van der Waals surface area contributed by atoms with Gasteiger partial charge in [0.05, 0.1) is 6.54 Å². The fourth-order valence-corrected chi connectivity index (χ4v) is 0.703. The first-order chi connectivity index (χ1) is 6.26. The molecule has 0 aromatic rings. The number of hydrogen-bond donors (Lipinski definition) is 0. The molecule has 0 aromatic heterocycles. The van der Waals surface area contributed by atoms with Crippen LogP contribution in [0.4, 0.5) is 4.79 Å². The number of carbonyl (C=O) groups is 2. The van der Waals surface area contributed by atoms with Gasteiger partial charge in [-0.05, 0) is 26.8 Å². The molecule has 0 spiro atoms. The molecule has 0 saturated heterocycles. The molecule has 0 aliphatic heterocycles. The number of hydrogen-bond acceptors (Lipinski definition) is 3. The molecule has 0 rings (SSSR count). The Morgan fingerprint density at radius 1 is 1.43 bits per heavy atom. The molecule has 80 valence electrons. The second kappa shape index (κ2) is 4.79. The Balaban J connectivity index is 4.13. The van der Waals surface area contributed by atoms with Gasteiger partial charge < -0.3 is 9.64 Å². The van der Waals surface area contributed by atoms with Crippen molar-refractivity contribution in [3.8, 4) is 0 Å². The third-order valence-corrected chi connectivity index (χ3v) is 1.33. The molecular formula is C10H17NO3. The van der Waals surface area contributed by atoms with Gasteiger partial charge in [-0.2, -0.15) is 0 Å². The third kappa shape index (κ3) is 5.35. The third-order valence-electron chi connectivity index (χ3n) is 1.33. The molecule has 0 aliphatic carbocycles. The van der Waals surface area contributed by atoms with Crippen LogP contribution >= 0.6 is 0 Å². The van der Waals surface area contributed by atoms with Gasteiger partial charge in [0, 0.05) is 7.05 Å². The van der Waals surface area contributed by atoms with Crippen LogP contribution in [0.25, 0.3) is 0 Å². The lowest BCUT2D eigenvalue weighted by atomic mass is 10.2. The van der Waals surface area contributed by atoms with E-state index in [9.17, 15) is 9.59 Å². The fraction of sp³-hybridized carbons (Fsp3) is 0.600. The second-order valence-electron chi connectivity index (χ2n) is 4.01. The van der Waals surface area contributed by atoms with Crippen LogP contribution in [0.2, 0.25) is 0 Å². The molecule has 0 bridgehead atoms. The van der Waals surface area contributed by atoms with Crippen LogP contribution in [0.1, 0.15) is 20.8 Å². The first-order valence-corrected chi connectivity index (χ1v) is 4.35. The van der Waals surface area contributed by atoms with E-state index < -0.39 is 11.7 Å². The van der Waals surface area contributed by atoms with Crippen LogP contribution < -0.4 is 0 Å².